The molecule has 1 aliphatic heterocycles. The summed E-state index contributed by atoms with van der Waals surface area (Å²) in [6.45, 7) is 6.46. The maximum atomic E-state index is 12.3. The molecule has 0 radical (unpaired) electrons. The number of rotatable bonds is 1. The summed E-state index contributed by atoms with van der Waals surface area (Å²) < 4.78 is 6.64. The van der Waals surface area contributed by atoms with Crippen LogP contribution in [-0.2, 0) is 21.4 Å². The Morgan fingerprint density at radius 2 is 1.65 bits per heavy atom. The number of aryl methyl sites for hydroxylation is 1. The Balaban J connectivity index is 1.89. The van der Waals surface area contributed by atoms with Gasteiger partial charge in [0, 0.05) is 39.4 Å². The van der Waals surface area contributed by atoms with E-state index in [1.54, 1.807) is 49.7 Å². The van der Waals surface area contributed by atoms with Crippen LogP contribution in [0.3, 0.4) is 0 Å². The lowest BCUT2D eigenvalue weighted by Crippen LogP contribution is -2.53. The molecular weight excluding hydrogens is 300 g/mol. The van der Waals surface area contributed by atoms with Gasteiger partial charge in [0.1, 0.15) is 11.3 Å². The zero-order chi connectivity index (χ0) is 17.2. The molecule has 0 saturated carbocycles. The van der Waals surface area contributed by atoms with Crippen LogP contribution in [0.5, 0.6) is 0 Å². The standard InChI is InChI=1S/C15H22N4O4/c1-15(2,3)23-14(22)13(21)19-9-7-18(8-10-19)12(20)11-5-6-17(4)16-11/h5-6H,7-10H2,1-4H3. The topological polar surface area (TPSA) is 84.7 Å². The number of carbonyl (C=O) groups is 3. The van der Waals surface area contributed by atoms with Gasteiger partial charge in [-0.2, -0.15) is 5.10 Å². The first-order valence-corrected chi connectivity index (χ1v) is 7.48. The van der Waals surface area contributed by atoms with Crippen LogP contribution in [0.4, 0.5) is 0 Å². The van der Waals surface area contributed by atoms with Gasteiger partial charge in [-0.25, -0.2) is 4.79 Å². The number of esters is 1. The molecule has 8 nitrogen and oxygen atoms in total. The summed E-state index contributed by atoms with van der Waals surface area (Å²) in [6, 6.07) is 1.65. The van der Waals surface area contributed by atoms with Crippen molar-refractivity contribution in [3.8, 4) is 0 Å². The lowest BCUT2D eigenvalue weighted by Gasteiger charge is -2.34. The molecule has 2 heterocycles. The van der Waals surface area contributed by atoms with Gasteiger partial charge in [-0.1, -0.05) is 0 Å². The predicted octanol–water partition coefficient (Wildman–Crippen LogP) is 0.0462. The third-order valence-electron chi connectivity index (χ3n) is 3.36. The van der Waals surface area contributed by atoms with Gasteiger partial charge in [0.05, 0.1) is 0 Å². The fourth-order valence-electron chi connectivity index (χ4n) is 2.25. The summed E-state index contributed by atoms with van der Waals surface area (Å²) in [6.07, 6.45) is 1.70. The largest absolute Gasteiger partial charge is 0.453 e. The van der Waals surface area contributed by atoms with Crippen molar-refractivity contribution in [3.63, 3.8) is 0 Å². The second kappa shape index (κ2) is 6.39. The van der Waals surface area contributed by atoms with Crippen LogP contribution in [0.2, 0.25) is 0 Å². The number of carbonyl (C=O) groups excluding carboxylic acids is 3. The number of piperazine rings is 1. The molecule has 0 bridgehead atoms. The Bertz CT molecular complexity index is 609. The molecule has 126 valence electrons. The molecule has 1 aromatic rings. The second-order valence-electron chi connectivity index (χ2n) is 6.46. The van der Waals surface area contributed by atoms with E-state index < -0.39 is 17.5 Å². The van der Waals surface area contributed by atoms with Gasteiger partial charge >= 0.3 is 11.9 Å². The highest BCUT2D eigenvalue weighted by Crippen LogP contribution is 2.11. The van der Waals surface area contributed by atoms with Gasteiger partial charge in [-0.05, 0) is 26.8 Å². The molecule has 1 aliphatic rings. The predicted molar refractivity (Wildman–Crippen MR) is 81.5 cm³/mol. The highest BCUT2D eigenvalue weighted by atomic mass is 16.6. The SMILES string of the molecule is Cn1ccc(C(=O)N2CCN(C(=O)C(=O)OC(C)(C)C)CC2)n1. The summed E-state index contributed by atoms with van der Waals surface area (Å²) in [4.78, 5) is 39.2. The lowest BCUT2D eigenvalue weighted by molar-refractivity contribution is -0.168. The molecule has 0 aromatic carbocycles. The van der Waals surface area contributed by atoms with Crippen LogP contribution >= 0.6 is 0 Å². The summed E-state index contributed by atoms with van der Waals surface area (Å²) in [5.41, 5.74) is -0.330. The molecule has 0 unspecified atom stereocenters. The van der Waals surface area contributed by atoms with E-state index in [9.17, 15) is 14.4 Å². The van der Waals surface area contributed by atoms with E-state index in [4.69, 9.17) is 4.74 Å². The highest BCUT2D eigenvalue weighted by Gasteiger charge is 2.31. The molecule has 1 fully saturated rings. The van der Waals surface area contributed by atoms with Gasteiger partial charge in [0.25, 0.3) is 5.91 Å². The van der Waals surface area contributed by atoms with E-state index in [0.29, 0.717) is 31.9 Å². The minimum Gasteiger partial charge on any atom is -0.453 e. The average molecular weight is 322 g/mol. The maximum absolute atomic E-state index is 12.3. The number of aromatic nitrogens is 2. The quantitative estimate of drug-likeness (QED) is 0.539. The van der Waals surface area contributed by atoms with Gasteiger partial charge < -0.3 is 14.5 Å². The Kier molecular flexibility index (Phi) is 4.72. The molecule has 0 spiro atoms. The fourth-order valence-corrected chi connectivity index (χ4v) is 2.25. The average Bonchev–Trinajstić information content (AvgIpc) is 2.90. The Morgan fingerprint density at radius 1 is 1.09 bits per heavy atom. The van der Waals surface area contributed by atoms with E-state index in [-0.39, 0.29) is 5.91 Å². The molecule has 0 aliphatic carbocycles. The van der Waals surface area contributed by atoms with Crippen molar-refractivity contribution < 1.29 is 19.1 Å². The monoisotopic (exact) mass is 322 g/mol. The molecule has 2 rings (SSSR count). The molecule has 23 heavy (non-hydrogen) atoms. The summed E-state index contributed by atoms with van der Waals surface area (Å²) >= 11 is 0. The van der Waals surface area contributed by atoms with Crippen LogP contribution in [0.1, 0.15) is 31.3 Å². The van der Waals surface area contributed by atoms with Crippen LogP contribution in [0, 0.1) is 0 Å². The van der Waals surface area contributed by atoms with E-state index in [1.165, 1.54) is 4.90 Å². The first-order valence-electron chi connectivity index (χ1n) is 7.48. The van der Waals surface area contributed by atoms with Crippen molar-refractivity contribution in [1.29, 1.82) is 0 Å². The third-order valence-corrected chi connectivity index (χ3v) is 3.36. The minimum absolute atomic E-state index is 0.171. The first-order chi connectivity index (χ1) is 10.7. The first kappa shape index (κ1) is 17.0. The van der Waals surface area contributed by atoms with Crippen LogP contribution in [-0.4, -0.2) is 69.1 Å². The Hall–Kier alpha value is -2.38. The molecule has 1 saturated heterocycles. The smallest absolute Gasteiger partial charge is 0.397 e. The van der Waals surface area contributed by atoms with Gasteiger partial charge in [0.15, 0.2) is 0 Å². The number of ether oxygens (including phenoxy) is 1. The summed E-state index contributed by atoms with van der Waals surface area (Å²) in [7, 11) is 1.74. The van der Waals surface area contributed by atoms with E-state index in [1.807, 2.05) is 0 Å². The Morgan fingerprint density at radius 3 is 2.13 bits per heavy atom. The lowest BCUT2D eigenvalue weighted by atomic mass is 10.2. The van der Waals surface area contributed by atoms with Crippen LogP contribution in [0.15, 0.2) is 12.3 Å². The zero-order valence-electron chi connectivity index (χ0n) is 13.9. The van der Waals surface area contributed by atoms with Gasteiger partial charge in [0.2, 0.25) is 0 Å². The number of hydrogen-bond acceptors (Lipinski definition) is 5. The van der Waals surface area contributed by atoms with E-state index in [2.05, 4.69) is 5.10 Å². The van der Waals surface area contributed by atoms with Crippen molar-refractivity contribution in [1.82, 2.24) is 19.6 Å². The summed E-state index contributed by atoms with van der Waals surface area (Å²) in [5, 5.41) is 4.08. The molecule has 1 aromatic heterocycles. The molecule has 8 heteroatoms. The number of amides is 2. The third kappa shape index (κ3) is 4.30. The van der Waals surface area contributed by atoms with Crippen molar-refractivity contribution >= 4 is 17.8 Å². The van der Waals surface area contributed by atoms with Gasteiger partial charge in [-0.3, -0.25) is 14.3 Å². The molecular formula is C15H22N4O4. The normalized spacial score (nSPS) is 15.5. The van der Waals surface area contributed by atoms with Crippen molar-refractivity contribution in [3.05, 3.63) is 18.0 Å². The fraction of sp³-hybridized carbons (Fsp3) is 0.600. The van der Waals surface area contributed by atoms with Gasteiger partial charge in [-0.15, -0.1) is 0 Å². The number of hydrogen-bond donors (Lipinski definition) is 0. The Labute approximate surface area is 135 Å². The van der Waals surface area contributed by atoms with Crippen LogP contribution in [0.25, 0.3) is 0 Å². The second-order valence-corrected chi connectivity index (χ2v) is 6.46. The molecule has 0 atom stereocenters. The number of nitrogens with zero attached hydrogens (tertiary/aromatic N) is 4. The van der Waals surface area contributed by atoms with Crippen molar-refractivity contribution in [2.24, 2.45) is 7.05 Å². The van der Waals surface area contributed by atoms with Crippen molar-refractivity contribution in [2.45, 2.75) is 26.4 Å². The summed E-state index contributed by atoms with van der Waals surface area (Å²) in [5.74, 6) is -1.69. The minimum atomic E-state index is -0.859. The van der Waals surface area contributed by atoms with E-state index in [0.717, 1.165) is 0 Å². The van der Waals surface area contributed by atoms with Crippen molar-refractivity contribution in [2.75, 3.05) is 26.2 Å². The maximum Gasteiger partial charge on any atom is 0.397 e. The van der Waals surface area contributed by atoms with E-state index >= 15 is 0 Å². The van der Waals surface area contributed by atoms with Crippen LogP contribution < -0.4 is 0 Å². The molecule has 2 amide bonds. The molecule has 0 N–H and O–H groups in total. The highest BCUT2D eigenvalue weighted by molar-refractivity contribution is 6.32. The zero-order valence-corrected chi connectivity index (χ0v) is 13.9.